The van der Waals surface area contributed by atoms with Crippen molar-refractivity contribution in [3.05, 3.63) is 33.2 Å². The molecule has 0 aromatic carbocycles. The molecule has 0 aliphatic heterocycles. The fraction of sp³-hybridized carbons (Fsp3) is 0.462. The molecule has 0 saturated heterocycles. The largest absolute Gasteiger partial charge is 0.461 e. The zero-order valence-electron chi connectivity index (χ0n) is 11.0. The Kier molecular flexibility index (Phi) is 4.27. The average molecular weight is 248 g/mol. The monoisotopic (exact) mass is 248 g/mol. The molecule has 0 aliphatic carbocycles. The Labute approximate surface area is 106 Å². The maximum absolute atomic E-state index is 12.1. The number of carbonyl (C=O) groups is 1. The Morgan fingerprint density at radius 2 is 2.17 bits per heavy atom. The molecule has 0 saturated carbocycles. The van der Waals surface area contributed by atoms with Crippen LogP contribution in [0.3, 0.4) is 0 Å². The summed E-state index contributed by atoms with van der Waals surface area (Å²) in [6.07, 6.45) is -0.409. The van der Waals surface area contributed by atoms with Gasteiger partial charge in [-0.1, -0.05) is 0 Å². The van der Waals surface area contributed by atoms with Crippen LogP contribution in [-0.4, -0.2) is 16.6 Å². The van der Waals surface area contributed by atoms with Crippen LogP contribution in [0.15, 0.2) is 10.9 Å². The highest BCUT2D eigenvalue weighted by Gasteiger charge is 2.13. The van der Waals surface area contributed by atoms with Gasteiger partial charge in [0.2, 0.25) is 0 Å². The van der Waals surface area contributed by atoms with Gasteiger partial charge in [-0.2, -0.15) is 5.26 Å². The zero-order valence-corrected chi connectivity index (χ0v) is 11.0. The predicted molar refractivity (Wildman–Crippen MR) is 66.1 cm³/mol. The molecule has 0 fully saturated rings. The highest BCUT2D eigenvalue weighted by molar-refractivity contribution is 5.66. The van der Waals surface area contributed by atoms with Crippen LogP contribution in [0.25, 0.3) is 0 Å². The van der Waals surface area contributed by atoms with E-state index in [0.29, 0.717) is 5.56 Å². The van der Waals surface area contributed by atoms with E-state index in [0.717, 1.165) is 5.69 Å². The Balaban J connectivity index is 3.15. The van der Waals surface area contributed by atoms with Crippen molar-refractivity contribution in [3.63, 3.8) is 0 Å². The number of carbonyl (C=O) groups excluding carboxylic acids is 1. The van der Waals surface area contributed by atoms with Gasteiger partial charge in [0, 0.05) is 12.6 Å². The summed E-state index contributed by atoms with van der Waals surface area (Å²) in [4.78, 5) is 22.9. The topological polar surface area (TPSA) is 72.1 Å². The standard InChI is InChI=1S/C13H16N2O3/c1-8-5-9(2)15(13(17)12(8)6-14)7-10(3)18-11(4)16/h5,10H,7H2,1-4H3. The van der Waals surface area contributed by atoms with E-state index in [-0.39, 0.29) is 23.6 Å². The summed E-state index contributed by atoms with van der Waals surface area (Å²) < 4.78 is 6.44. The van der Waals surface area contributed by atoms with E-state index in [1.165, 1.54) is 11.5 Å². The number of aromatic nitrogens is 1. The maximum Gasteiger partial charge on any atom is 0.302 e. The van der Waals surface area contributed by atoms with Gasteiger partial charge in [0.1, 0.15) is 17.7 Å². The van der Waals surface area contributed by atoms with Gasteiger partial charge in [-0.15, -0.1) is 0 Å². The van der Waals surface area contributed by atoms with Crippen molar-refractivity contribution in [2.24, 2.45) is 0 Å². The molecule has 0 bridgehead atoms. The lowest BCUT2D eigenvalue weighted by atomic mass is 10.1. The molecule has 0 radical (unpaired) electrons. The van der Waals surface area contributed by atoms with Crippen molar-refractivity contribution in [2.75, 3.05) is 0 Å². The van der Waals surface area contributed by atoms with E-state index >= 15 is 0 Å². The third kappa shape index (κ3) is 2.98. The van der Waals surface area contributed by atoms with Crippen molar-refractivity contribution in [1.82, 2.24) is 4.57 Å². The van der Waals surface area contributed by atoms with Crippen LogP contribution in [-0.2, 0) is 16.1 Å². The minimum absolute atomic E-state index is 0.135. The van der Waals surface area contributed by atoms with E-state index in [9.17, 15) is 9.59 Å². The third-order valence-corrected chi connectivity index (χ3v) is 2.62. The van der Waals surface area contributed by atoms with E-state index in [1.807, 2.05) is 6.07 Å². The molecular formula is C13H16N2O3. The molecule has 0 amide bonds. The molecule has 1 unspecified atom stereocenters. The van der Waals surface area contributed by atoms with E-state index in [1.54, 1.807) is 26.8 Å². The summed E-state index contributed by atoms with van der Waals surface area (Å²) in [5.74, 6) is -0.388. The minimum Gasteiger partial charge on any atom is -0.461 e. The van der Waals surface area contributed by atoms with Crippen LogP contribution < -0.4 is 5.56 Å². The normalized spacial score (nSPS) is 11.7. The van der Waals surface area contributed by atoms with Gasteiger partial charge in [-0.05, 0) is 32.4 Å². The summed E-state index contributed by atoms with van der Waals surface area (Å²) in [5, 5.41) is 8.95. The average Bonchev–Trinajstić information content (AvgIpc) is 2.23. The molecule has 5 nitrogen and oxygen atoms in total. The van der Waals surface area contributed by atoms with Gasteiger partial charge >= 0.3 is 5.97 Å². The molecule has 1 rings (SSSR count). The maximum atomic E-state index is 12.1. The number of nitrogens with zero attached hydrogens (tertiary/aromatic N) is 2. The second-order valence-electron chi connectivity index (χ2n) is 4.29. The second-order valence-corrected chi connectivity index (χ2v) is 4.29. The third-order valence-electron chi connectivity index (χ3n) is 2.62. The lowest BCUT2D eigenvalue weighted by Crippen LogP contribution is -2.31. The Bertz CT molecular complexity index is 567. The van der Waals surface area contributed by atoms with Crippen molar-refractivity contribution in [2.45, 2.75) is 40.3 Å². The number of hydrogen-bond donors (Lipinski definition) is 0. The van der Waals surface area contributed by atoms with Gasteiger partial charge in [-0.25, -0.2) is 0 Å². The summed E-state index contributed by atoms with van der Waals surface area (Å²) >= 11 is 0. The molecule has 18 heavy (non-hydrogen) atoms. The number of rotatable bonds is 3. The van der Waals surface area contributed by atoms with Crippen molar-refractivity contribution in [3.8, 4) is 6.07 Å². The summed E-state index contributed by atoms with van der Waals surface area (Å²) in [5.41, 5.74) is 1.21. The zero-order chi connectivity index (χ0) is 13.9. The SMILES string of the molecule is CC(=O)OC(C)Cn1c(C)cc(C)c(C#N)c1=O. The Morgan fingerprint density at radius 1 is 1.56 bits per heavy atom. The molecule has 0 aliphatic rings. The predicted octanol–water partition coefficient (Wildman–Crippen LogP) is 1.29. The molecular weight excluding hydrogens is 232 g/mol. The molecule has 5 heteroatoms. The molecule has 96 valence electrons. The molecule has 1 aromatic rings. The highest BCUT2D eigenvalue weighted by Crippen LogP contribution is 2.07. The van der Waals surface area contributed by atoms with Gasteiger partial charge in [-0.3, -0.25) is 9.59 Å². The first-order valence-corrected chi connectivity index (χ1v) is 5.65. The first-order chi connectivity index (χ1) is 8.36. The van der Waals surface area contributed by atoms with Crippen LogP contribution in [0.4, 0.5) is 0 Å². The number of nitriles is 1. The summed E-state index contributed by atoms with van der Waals surface area (Å²) in [6, 6.07) is 3.68. The highest BCUT2D eigenvalue weighted by atomic mass is 16.5. The molecule has 1 aromatic heterocycles. The fourth-order valence-corrected chi connectivity index (χ4v) is 1.87. The van der Waals surface area contributed by atoms with Crippen LogP contribution in [0.5, 0.6) is 0 Å². The number of pyridine rings is 1. The fourth-order valence-electron chi connectivity index (χ4n) is 1.87. The lowest BCUT2D eigenvalue weighted by Gasteiger charge is -2.16. The molecule has 1 atom stereocenters. The smallest absolute Gasteiger partial charge is 0.302 e. The van der Waals surface area contributed by atoms with Crippen LogP contribution in [0.1, 0.15) is 30.7 Å². The molecule has 1 heterocycles. The lowest BCUT2D eigenvalue weighted by molar-refractivity contribution is -0.146. The Morgan fingerprint density at radius 3 is 2.67 bits per heavy atom. The Hall–Kier alpha value is -2.09. The first-order valence-electron chi connectivity index (χ1n) is 5.65. The number of esters is 1. The van der Waals surface area contributed by atoms with Crippen LogP contribution in [0, 0.1) is 25.2 Å². The van der Waals surface area contributed by atoms with Crippen molar-refractivity contribution >= 4 is 5.97 Å². The minimum atomic E-state index is -0.409. The summed E-state index contributed by atoms with van der Waals surface area (Å²) in [7, 11) is 0. The summed E-state index contributed by atoms with van der Waals surface area (Å²) in [6.45, 7) is 6.79. The van der Waals surface area contributed by atoms with Gasteiger partial charge < -0.3 is 9.30 Å². The van der Waals surface area contributed by atoms with Crippen LogP contribution in [0.2, 0.25) is 0 Å². The van der Waals surface area contributed by atoms with E-state index in [4.69, 9.17) is 10.00 Å². The first kappa shape index (κ1) is 14.0. The van der Waals surface area contributed by atoms with Gasteiger partial charge in [0.25, 0.3) is 5.56 Å². The van der Waals surface area contributed by atoms with Crippen LogP contribution >= 0.6 is 0 Å². The van der Waals surface area contributed by atoms with Crippen molar-refractivity contribution < 1.29 is 9.53 Å². The number of aryl methyl sites for hydroxylation is 2. The quantitative estimate of drug-likeness (QED) is 0.755. The van der Waals surface area contributed by atoms with Gasteiger partial charge in [0.05, 0.1) is 6.54 Å². The number of hydrogen-bond acceptors (Lipinski definition) is 4. The molecule has 0 spiro atoms. The van der Waals surface area contributed by atoms with Crippen molar-refractivity contribution in [1.29, 1.82) is 5.26 Å². The van der Waals surface area contributed by atoms with E-state index in [2.05, 4.69) is 0 Å². The number of ether oxygens (including phenoxy) is 1. The van der Waals surface area contributed by atoms with E-state index < -0.39 is 6.10 Å². The second kappa shape index (κ2) is 5.50. The molecule has 0 N–H and O–H groups in total. The van der Waals surface area contributed by atoms with Gasteiger partial charge in [0.15, 0.2) is 0 Å².